The zero-order valence-electron chi connectivity index (χ0n) is 11.5. The van der Waals surface area contributed by atoms with E-state index in [0.29, 0.717) is 0 Å². The van der Waals surface area contributed by atoms with E-state index in [0.717, 1.165) is 24.0 Å². The van der Waals surface area contributed by atoms with Gasteiger partial charge in [0.15, 0.2) is 0 Å². The van der Waals surface area contributed by atoms with Crippen molar-refractivity contribution < 1.29 is 0 Å². The van der Waals surface area contributed by atoms with Crippen molar-refractivity contribution in [2.75, 3.05) is 32.7 Å². The first kappa shape index (κ1) is 11.7. The Morgan fingerprint density at radius 3 is 2.56 bits per heavy atom. The summed E-state index contributed by atoms with van der Waals surface area (Å²) in [6.45, 7) is 6.77. The maximum absolute atomic E-state index is 3.72. The van der Waals surface area contributed by atoms with Gasteiger partial charge in [0.25, 0.3) is 0 Å². The minimum atomic E-state index is 0.885. The van der Waals surface area contributed by atoms with Crippen LogP contribution in [0.15, 0.2) is 0 Å². The van der Waals surface area contributed by atoms with Crippen molar-refractivity contribution >= 4 is 0 Å². The monoisotopic (exact) mass is 249 g/mol. The molecule has 3 heterocycles. The molecule has 4 rings (SSSR count). The summed E-state index contributed by atoms with van der Waals surface area (Å²) >= 11 is 0. The highest BCUT2D eigenvalue weighted by Gasteiger charge is 2.42. The van der Waals surface area contributed by atoms with Gasteiger partial charge in [-0.15, -0.1) is 0 Å². The minimum absolute atomic E-state index is 0.885. The van der Waals surface area contributed by atoms with Crippen molar-refractivity contribution in [3.63, 3.8) is 0 Å². The van der Waals surface area contributed by atoms with Gasteiger partial charge in [0.05, 0.1) is 0 Å². The zero-order chi connectivity index (χ0) is 11.9. The van der Waals surface area contributed by atoms with E-state index in [4.69, 9.17) is 0 Å². The maximum Gasteiger partial charge on any atom is 0.0263 e. The molecule has 1 N–H and O–H groups in total. The van der Waals surface area contributed by atoms with E-state index in [1.807, 2.05) is 0 Å². The molecule has 3 nitrogen and oxygen atoms in total. The second-order valence-corrected chi connectivity index (χ2v) is 6.93. The predicted octanol–water partition coefficient (Wildman–Crippen LogP) is 1.30. The number of nitrogens with zero attached hydrogens (tertiary/aromatic N) is 2. The second-order valence-electron chi connectivity index (χ2n) is 6.93. The fraction of sp³-hybridized carbons (Fsp3) is 1.00. The Balaban J connectivity index is 1.30. The molecule has 3 heteroatoms. The zero-order valence-corrected chi connectivity index (χ0v) is 11.5. The molecule has 102 valence electrons. The Bertz CT molecular complexity index is 302. The number of hydrogen-bond acceptors (Lipinski definition) is 3. The molecule has 0 bridgehead atoms. The number of likely N-dealkylation sites (tertiary alicyclic amines) is 1. The highest BCUT2D eigenvalue weighted by atomic mass is 15.3. The molecule has 0 aromatic heterocycles. The molecule has 1 aliphatic carbocycles. The topological polar surface area (TPSA) is 18.5 Å². The number of rotatable bonds is 4. The standard InChI is InChI=1S/C15H27N3/c1-2-14-15(6-9-17(14)7-1)18-8-5-12(11-18)10-16-13-3-4-13/h12-16H,1-11H2. The third kappa shape index (κ3) is 2.21. The van der Waals surface area contributed by atoms with Gasteiger partial charge < -0.3 is 5.32 Å². The summed E-state index contributed by atoms with van der Waals surface area (Å²) in [4.78, 5) is 5.58. The lowest BCUT2D eigenvalue weighted by Crippen LogP contribution is -2.42. The fourth-order valence-corrected chi connectivity index (χ4v) is 4.43. The summed E-state index contributed by atoms with van der Waals surface area (Å²) in [6.07, 6.45) is 8.64. The van der Waals surface area contributed by atoms with Crippen LogP contribution in [0.3, 0.4) is 0 Å². The molecular formula is C15H27N3. The number of nitrogens with one attached hydrogen (secondary N) is 1. The molecule has 1 saturated carbocycles. The summed E-state index contributed by atoms with van der Waals surface area (Å²) in [6, 6.07) is 2.70. The van der Waals surface area contributed by atoms with Crippen LogP contribution in [0.25, 0.3) is 0 Å². The van der Waals surface area contributed by atoms with E-state index in [1.54, 1.807) is 0 Å². The van der Waals surface area contributed by atoms with Gasteiger partial charge >= 0.3 is 0 Å². The van der Waals surface area contributed by atoms with Gasteiger partial charge in [0, 0.05) is 31.2 Å². The Morgan fingerprint density at radius 1 is 0.833 bits per heavy atom. The van der Waals surface area contributed by atoms with Crippen LogP contribution in [0.4, 0.5) is 0 Å². The lowest BCUT2D eigenvalue weighted by atomic mass is 10.1. The summed E-state index contributed by atoms with van der Waals surface area (Å²) in [5, 5.41) is 3.72. The molecule has 3 unspecified atom stereocenters. The van der Waals surface area contributed by atoms with Crippen molar-refractivity contribution in [1.29, 1.82) is 0 Å². The Labute approximate surface area is 111 Å². The van der Waals surface area contributed by atoms with Crippen LogP contribution in [-0.4, -0.2) is 60.6 Å². The summed E-state index contributed by atoms with van der Waals surface area (Å²) in [7, 11) is 0. The quantitative estimate of drug-likeness (QED) is 0.810. The van der Waals surface area contributed by atoms with Gasteiger partial charge in [-0.25, -0.2) is 0 Å². The van der Waals surface area contributed by atoms with Crippen molar-refractivity contribution in [3.8, 4) is 0 Å². The van der Waals surface area contributed by atoms with Gasteiger partial charge in [-0.2, -0.15) is 0 Å². The minimum Gasteiger partial charge on any atom is -0.314 e. The molecule has 0 radical (unpaired) electrons. The first-order chi connectivity index (χ1) is 8.90. The van der Waals surface area contributed by atoms with Crippen molar-refractivity contribution in [1.82, 2.24) is 15.1 Å². The fourth-order valence-electron chi connectivity index (χ4n) is 4.43. The first-order valence-corrected chi connectivity index (χ1v) is 8.11. The van der Waals surface area contributed by atoms with Crippen molar-refractivity contribution in [2.45, 2.75) is 56.7 Å². The Hall–Kier alpha value is -0.120. The average Bonchev–Trinajstić information content (AvgIpc) is 2.81. The van der Waals surface area contributed by atoms with Gasteiger partial charge in [-0.1, -0.05) is 0 Å². The summed E-state index contributed by atoms with van der Waals surface area (Å²) in [5.74, 6) is 0.932. The van der Waals surface area contributed by atoms with Crippen LogP contribution in [0.5, 0.6) is 0 Å². The van der Waals surface area contributed by atoms with E-state index >= 15 is 0 Å². The first-order valence-electron chi connectivity index (χ1n) is 8.11. The maximum atomic E-state index is 3.72. The molecular weight excluding hydrogens is 222 g/mol. The Kier molecular flexibility index (Phi) is 3.10. The number of hydrogen-bond donors (Lipinski definition) is 1. The lowest BCUT2D eigenvalue weighted by Gasteiger charge is -2.29. The van der Waals surface area contributed by atoms with Crippen LogP contribution in [-0.2, 0) is 0 Å². The Morgan fingerprint density at radius 2 is 1.67 bits per heavy atom. The largest absolute Gasteiger partial charge is 0.314 e. The van der Waals surface area contributed by atoms with Crippen LogP contribution in [0, 0.1) is 5.92 Å². The predicted molar refractivity (Wildman–Crippen MR) is 73.7 cm³/mol. The van der Waals surface area contributed by atoms with Crippen LogP contribution in [0.2, 0.25) is 0 Å². The molecule has 3 aliphatic heterocycles. The third-order valence-electron chi connectivity index (χ3n) is 5.63. The van der Waals surface area contributed by atoms with Crippen molar-refractivity contribution in [2.24, 2.45) is 5.92 Å². The highest BCUT2D eigenvalue weighted by molar-refractivity contribution is 4.98. The van der Waals surface area contributed by atoms with Gasteiger partial charge in [-0.05, 0) is 64.1 Å². The van der Waals surface area contributed by atoms with Crippen LogP contribution < -0.4 is 5.32 Å². The number of fused-ring (bicyclic) bond motifs is 1. The van der Waals surface area contributed by atoms with E-state index in [2.05, 4.69) is 15.1 Å². The van der Waals surface area contributed by atoms with Crippen LogP contribution >= 0.6 is 0 Å². The molecule has 0 amide bonds. The molecule has 18 heavy (non-hydrogen) atoms. The van der Waals surface area contributed by atoms with E-state index in [9.17, 15) is 0 Å². The average molecular weight is 249 g/mol. The molecule has 0 spiro atoms. The van der Waals surface area contributed by atoms with E-state index in [1.165, 1.54) is 71.2 Å². The smallest absolute Gasteiger partial charge is 0.0263 e. The van der Waals surface area contributed by atoms with E-state index < -0.39 is 0 Å². The SMILES string of the molecule is C1CC2C(N3CCC(CNC4CC4)C3)CCN2C1. The molecule has 0 aromatic rings. The lowest BCUT2D eigenvalue weighted by molar-refractivity contribution is 0.186. The van der Waals surface area contributed by atoms with E-state index in [-0.39, 0.29) is 0 Å². The summed E-state index contributed by atoms with van der Waals surface area (Å²) in [5.41, 5.74) is 0. The summed E-state index contributed by atoms with van der Waals surface area (Å²) < 4.78 is 0. The van der Waals surface area contributed by atoms with Gasteiger partial charge in [0.1, 0.15) is 0 Å². The molecule has 4 aliphatic rings. The molecule has 3 atom stereocenters. The molecule has 4 fully saturated rings. The van der Waals surface area contributed by atoms with Crippen molar-refractivity contribution in [3.05, 3.63) is 0 Å². The normalized spacial score (nSPS) is 41.7. The highest BCUT2D eigenvalue weighted by Crippen LogP contribution is 2.33. The third-order valence-corrected chi connectivity index (χ3v) is 5.63. The van der Waals surface area contributed by atoms with Gasteiger partial charge in [0.2, 0.25) is 0 Å². The second kappa shape index (κ2) is 4.77. The van der Waals surface area contributed by atoms with Crippen LogP contribution in [0.1, 0.15) is 38.5 Å². The van der Waals surface area contributed by atoms with Gasteiger partial charge in [-0.3, -0.25) is 9.80 Å². The molecule has 0 aromatic carbocycles. The molecule has 3 saturated heterocycles.